The Kier molecular flexibility index (Phi) is 7.26. The normalized spacial score (nSPS) is 9.78. The smallest absolute Gasteiger partial charge is 0.314 e. The number of nitrogens with one attached hydrogen (secondary N) is 4. The highest BCUT2D eigenvalue weighted by Gasteiger charge is 1.95. The molecule has 0 atom stereocenters. The average molecular weight is 254 g/mol. The van der Waals surface area contributed by atoms with Gasteiger partial charge < -0.3 is 10.3 Å². The van der Waals surface area contributed by atoms with Crippen molar-refractivity contribution in [3.63, 3.8) is 0 Å². The molecule has 4 N–H and O–H groups in total. The van der Waals surface area contributed by atoms with E-state index in [1.54, 1.807) is 19.9 Å². The molecule has 0 unspecified atom stereocenters. The summed E-state index contributed by atoms with van der Waals surface area (Å²) in [6.07, 6.45) is 3.35. The minimum atomic E-state index is -0.509. The zero-order chi connectivity index (χ0) is 14.0. The molecule has 0 radical (unpaired) electrons. The van der Waals surface area contributed by atoms with Gasteiger partial charge in [0.25, 0.3) is 5.56 Å². The standard InChI is InChI=1S/C6H10N2O2.C4H4N2O2/c1-3-5(2)8-6(10)7-4-9;7-3-1-2-5-4(8)6-3/h3-4H,1-2H3,(H2,7,8,9,10);1-2H,(H2,5,6,7,8)/b5-3-;. The molecule has 0 aromatic carbocycles. The van der Waals surface area contributed by atoms with E-state index in [1.807, 2.05) is 10.3 Å². The minimum absolute atomic E-state index is 0.332. The van der Waals surface area contributed by atoms with Crippen molar-refractivity contribution >= 4 is 12.4 Å². The fraction of sp³-hybridized carbons (Fsp3) is 0.200. The van der Waals surface area contributed by atoms with Crippen LogP contribution in [0, 0.1) is 0 Å². The molecule has 0 fully saturated rings. The number of imide groups is 1. The monoisotopic (exact) mass is 254 g/mol. The fourth-order valence-corrected chi connectivity index (χ4v) is 0.724. The summed E-state index contributed by atoms with van der Waals surface area (Å²) in [5.74, 6) is 0. The summed E-state index contributed by atoms with van der Waals surface area (Å²) in [7, 11) is 0. The molecule has 8 nitrogen and oxygen atoms in total. The van der Waals surface area contributed by atoms with Crippen LogP contribution in [0.5, 0.6) is 0 Å². The number of aromatic nitrogens is 2. The van der Waals surface area contributed by atoms with E-state index in [-0.39, 0.29) is 5.56 Å². The first-order valence-corrected chi connectivity index (χ1v) is 4.91. The first-order chi connectivity index (χ1) is 8.49. The number of hydrogen-bond acceptors (Lipinski definition) is 4. The van der Waals surface area contributed by atoms with Crippen molar-refractivity contribution in [2.24, 2.45) is 0 Å². The summed E-state index contributed by atoms with van der Waals surface area (Å²) in [4.78, 5) is 44.9. The van der Waals surface area contributed by atoms with Gasteiger partial charge in [0.2, 0.25) is 6.41 Å². The van der Waals surface area contributed by atoms with E-state index in [1.165, 1.54) is 12.3 Å². The van der Waals surface area contributed by atoms with E-state index in [0.717, 1.165) is 0 Å². The second-order valence-electron chi connectivity index (χ2n) is 2.98. The van der Waals surface area contributed by atoms with Gasteiger partial charge in [-0.2, -0.15) is 0 Å². The van der Waals surface area contributed by atoms with Crippen LogP contribution in [0.15, 0.2) is 33.6 Å². The number of H-pyrrole nitrogens is 2. The van der Waals surface area contributed by atoms with Crippen LogP contribution in [0.2, 0.25) is 0 Å². The lowest BCUT2D eigenvalue weighted by molar-refractivity contribution is -0.108. The molecule has 18 heavy (non-hydrogen) atoms. The fourth-order valence-electron chi connectivity index (χ4n) is 0.724. The van der Waals surface area contributed by atoms with Crippen LogP contribution < -0.4 is 21.9 Å². The van der Waals surface area contributed by atoms with E-state index < -0.39 is 11.7 Å². The lowest BCUT2D eigenvalue weighted by Crippen LogP contribution is -2.33. The first-order valence-electron chi connectivity index (χ1n) is 4.91. The lowest BCUT2D eigenvalue weighted by Gasteiger charge is -2.00. The zero-order valence-corrected chi connectivity index (χ0v) is 9.94. The minimum Gasteiger partial charge on any atom is -0.314 e. The number of carbonyl (C=O) groups excluding carboxylic acids is 2. The Balaban J connectivity index is 0.000000327. The molecule has 0 bridgehead atoms. The Hall–Kier alpha value is -2.64. The predicted molar refractivity (Wildman–Crippen MR) is 64.8 cm³/mol. The summed E-state index contributed by atoms with van der Waals surface area (Å²) >= 11 is 0. The topological polar surface area (TPSA) is 124 Å². The molecule has 1 aromatic rings. The Labute approximate surface area is 102 Å². The van der Waals surface area contributed by atoms with Crippen molar-refractivity contribution in [3.05, 3.63) is 44.9 Å². The first kappa shape index (κ1) is 15.4. The molecule has 1 heterocycles. The average Bonchev–Trinajstić information content (AvgIpc) is 2.29. The second kappa shape index (κ2) is 8.50. The Morgan fingerprint density at radius 2 is 2.06 bits per heavy atom. The molecule has 0 spiro atoms. The maximum Gasteiger partial charge on any atom is 0.325 e. The molecule has 98 valence electrons. The van der Waals surface area contributed by atoms with Crippen molar-refractivity contribution in [1.82, 2.24) is 20.6 Å². The van der Waals surface area contributed by atoms with Gasteiger partial charge in [-0.3, -0.25) is 19.9 Å². The summed E-state index contributed by atoms with van der Waals surface area (Å²) in [5.41, 5.74) is -0.148. The van der Waals surface area contributed by atoms with Gasteiger partial charge in [0.05, 0.1) is 0 Å². The largest absolute Gasteiger partial charge is 0.325 e. The van der Waals surface area contributed by atoms with Crippen LogP contribution in [0.4, 0.5) is 4.79 Å². The number of hydrogen-bond donors (Lipinski definition) is 4. The molecule has 1 rings (SSSR count). The highest BCUT2D eigenvalue weighted by molar-refractivity contribution is 5.85. The van der Waals surface area contributed by atoms with E-state index >= 15 is 0 Å². The highest BCUT2D eigenvalue weighted by Crippen LogP contribution is 1.82. The van der Waals surface area contributed by atoms with Crippen molar-refractivity contribution in [3.8, 4) is 0 Å². The summed E-state index contributed by atoms with van der Waals surface area (Å²) in [6.45, 7) is 3.51. The highest BCUT2D eigenvalue weighted by atomic mass is 16.2. The van der Waals surface area contributed by atoms with Gasteiger partial charge in [-0.05, 0) is 13.8 Å². The van der Waals surface area contributed by atoms with Crippen molar-refractivity contribution in [2.75, 3.05) is 0 Å². The third-order valence-electron chi connectivity index (χ3n) is 1.62. The van der Waals surface area contributed by atoms with Gasteiger partial charge >= 0.3 is 11.7 Å². The number of carbonyl (C=O) groups is 2. The summed E-state index contributed by atoms with van der Waals surface area (Å²) in [6, 6.07) is 0.729. The van der Waals surface area contributed by atoms with Crippen LogP contribution in [0.3, 0.4) is 0 Å². The SMILES string of the molecule is C/C=C(/C)NC(=O)NC=O.O=c1cc[nH]c(=O)[nH]1. The lowest BCUT2D eigenvalue weighted by atomic mass is 10.5. The van der Waals surface area contributed by atoms with Crippen LogP contribution in [-0.4, -0.2) is 22.4 Å². The number of amides is 3. The van der Waals surface area contributed by atoms with Crippen LogP contribution in [-0.2, 0) is 4.79 Å². The van der Waals surface area contributed by atoms with E-state index in [9.17, 15) is 19.2 Å². The number of aromatic amines is 2. The molecular formula is C10H14N4O4. The molecule has 1 aromatic heterocycles. The van der Waals surface area contributed by atoms with Gasteiger partial charge in [0.15, 0.2) is 0 Å². The van der Waals surface area contributed by atoms with Crippen LogP contribution >= 0.6 is 0 Å². The molecule has 0 aliphatic carbocycles. The van der Waals surface area contributed by atoms with Gasteiger partial charge in [-0.25, -0.2) is 9.59 Å². The zero-order valence-electron chi connectivity index (χ0n) is 9.94. The van der Waals surface area contributed by atoms with Crippen molar-refractivity contribution in [1.29, 1.82) is 0 Å². The third-order valence-corrected chi connectivity index (χ3v) is 1.62. The molecule has 0 aliphatic rings. The maximum atomic E-state index is 10.5. The van der Waals surface area contributed by atoms with Gasteiger partial charge in [0, 0.05) is 18.0 Å². The Morgan fingerprint density at radius 1 is 1.39 bits per heavy atom. The quantitative estimate of drug-likeness (QED) is 0.527. The number of urea groups is 1. The number of rotatable bonds is 2. The second-order valence-corrected chi connectivity index (χ2v) is 2.98. The molecule has 0 saturated carbocycles. The molecule has 0 aliphatic heterocycles. The third kappa shape index (κ3) is 7.63. The Morgan fingerprint density at radius 3 is 2.44 bits per heavy atom. The van der Waals surface area contributed by atoms with Crippen LogP contribution in [0.1, 0.15) is 13.8 Å². The van der Waals surface area contributed by atoms with Gasteiger partial charge in [-0.15, -0.1) is 0 Å². The van der Waals surface area contributed by atoms with E-state index in [2.05, 4.69) is 10.3 Å². The molecule has 3 amide bonds. The van der Waals surface area contributed by atoms with E-state index in [0.29, 0.717) is 12.1 Å². The summed E-state index contributed by atoms with van der Waals surface area (Å²) < 4.78 is 0. The predicted octanol–water partition coefficient (Wildman–Crippen LogP) is -0.571. The Bertz CT molecular complexity index is 504. The van der Waals surface area contributed by atoms with Crippen molar-refractivity contribution < 1.29 is 9.59 Å². The van der Waals surface area contributed by atoms with Gasteiger partial charge in [0.1, 0.15) is 0 Å². The van der Waals surface area contributed by atoms with Crippen molar-refractivity contribution in [2.45, 2.75) is 13.8 Å². The number of allylic oxidation sites excluding steroid dienone is 2. The van der Waals surface area contributed by atoms with Gasteiger partial charge in [-0.1, -0.05) is 6.08 Å². The van der Waals surface area contributed by atoms with Crippen LogP contribution in [0.25, 0.3) is 0 Å². The summed E-state index contributed by atoms with van der Waals surface area (Å²) in [5, 5.41) is 4.35. The molecular weight excluding hydrogens is 240 g/mol. The molecule has 0 saturated heterocycles. The molecule has 8 heteroatoms. The van der Waals surface area contributed by atoms with E-state index in [4.69, 9.17) is 0 Å². The maximum absolute atomic E-state index is 10.5.